The Labute approximate surface area is 97.0 Å². The van der Waals surface area contributed by atoms with Gasteiger partial charge in [0.1, 0.15) is 0 Å². The first-order valence-corrected chi connectivity index (χ1v) is 5.62. The largest absolute Gasteiger partial charge is 0.326 e. The minimum atomic E-state index is 0.0623. The molecule has 0 bridgehead atoms. The van der Waals surface area contributed by atoms with Crippen molar-refractivity contribution < 1.29 is 4.79 Å². The second-order valence-electron chi connectivity index (χ2n) is 4.50. The molecule has 16 heavy (non-hydrogen) atoms. The first-order valence-electron chi connectivity index (χ1n) is 5.62. The summed E-state index contributed by atoms with van der Waals surface area (Å²) in [5.74, 6) is 0.435. The molecule has 0 fully saturated rings. The number of aryl methyl sites for hydroxylation is 1. The summed E-state index contributed by atoms with van der Waals surface area (Å²) < 4.78 is 0. The third kappa shape index (κ3) is 3.66. The first kappa shape index (κ1) is 12.7. The minimum Gasteiger partial charge on any atom is -0.326 e. The highest BCUT2D eigenvalue weighted by Crippen LogP contribution is 2.17. The van der Waals surface area contributed by atoms with Crippen LogP contribution in [0.5, 0.6) is 0 Å². The van der Waals surface area contributed by atoms with Crippen LogP contribution in [0.15, 0.2) is 18.2 Å². The Hall–Kier alpha value is -1.35. The van der Waals surface area contributed by atoms with E-state index in [1.807, 2.05) is 39.0 Å². The molecule has 1 aromatic carbocycles. The van der Waals surface area contributed by atoms with Crippen molar-refractivity contribution >= 4 is 11.6 Å². The van der Waals surface area contributed by atoms with Crippen molar-refractivity contribution in [3.63, 3.8) is 0 Å². The summed E-state index contributed by atoms with van der Waals surface area (Å²) in [6.45, 7) is 6.53. The van der Waals surface area contributed by atoms with Gasteiger partial charge >= 0.3 is 0 Å². The lowest BCUT2D eigenvalue weighted by Crippen LogP contribution is -2.15. The Bertz CT molecular complexity index is 372. The molecule has 0 aromatic heterocycles. The number of anilines is 1. The second-order valence-corrected chi connectivity index (χ2v) is 4.50. The number of carbonyl (C=O) groups excluding carboxylic acids is 1. The Kier molecular flexibility index (Phi) is 4.50. The Morgan fingerprint density at radius 1 is 1.44 bits per heavy atom. The Morgan fingerprint density at radius 2 is 2.12 bits per heavy atom. The molecule has 3 nitrogen and oxygen atoms in total. The molecule has 0 saturated carbocycles. The van der Waals surface area contributed by atoms with E-state index in [-0.39, 0.29) is 5.91 Å². The number of benzene rings is 1. The summed E-state index contributed by atoms with van der Waals surface area (Å²) in [5, 5.41) is 2.92. The van der Waals surface area contributed by atoms with E-state index in [1.165, 1.54) is 0 Å². The van der Waals surface area contributed by atoms with Gasteiger partial charge in [0.05, 0.1) is 0 Å². The predicted octanol–water partition coefficient (Wildman–Crippen LogP) is 2.44. The predicted molar refractivity (Wildman–Crippen MR) is 67.2 cm³/mol. The third-order valence-corrected chi connectivity index (χ3v) is 2.41. The number of nitrogens with one attached hydrogen (secondary N) is 1. The summed E-state index contributed by atoms with van der Waals surface area (Å²) >= 11 is 0. The topological polar surface area (TPSA) is 55.1 Å². The molecule has 0 radical (unpaired) electrons. The lowest BCUT2D eigenvalue weighted by Gasteiger charge is -2.11. The maximum Gasteiger partial charge on any atom is 0.224 e. The zero-order valence-electron chi connectivity index (χ0n) is 10.2. The SMILES string of the molecule is Cc1ccc(CN)cc1NC(=O)CC(C)C. The molecule has 1 rings (SSSR count). The average molecular weight is 220 g/mol. The van der Waals surface area contributed by atoms with Crippen molar-refractivity contribution in [2.24, 2.45) is 11.7 Å². The summed E-state index contributed by atoms with van der Waals surface area (Å²) in [6, 6.07) is 5.90. The highest BCUT2D eigenvalue weighted by atomic mass is 16.1. The van der Waals surface area contributed by atoms with E-state index in [9.17, 15) is 4.79 Å². The lowest BCUT2D eigenvalue weighted by atomic mass is 10.1. The van der Waals surface area contributed by atoms with E-state index in [0.29, 0.717) is 18.9 Å². The summed E-state index contributed by atoms with van der Waals surface area (Å²) in [5.41, 5.74) is 8.53. The first-order chi connectivity index (χ1) is 7.52. The van der Waals surface area contributed by atoms with E-state index >= 15 is 0 Å². The molecule has 0 aliphatic rings. The fourth-order valence-electron chi connectivity index (χ4n) is 1.50. The number of amides is 1. The molecule has 1 aromatic rings. The van der Waals surface area contributed by atoms with Crippen LogP contribution in [0.1, 0.15) is 31.4 Å². The van der Waals surface area contributed by atoms with E-state index in [1.54, 1.807) is 0 Å². The molecular weight excluding hydrogens is 200 g/mol. The molecule has 0 atom stereocenters. The van der Waals surface area contributed by atoms with E-state index in [2.05, 4.69) is 5.32 Å². The quantitative estimate of drug-likeness (QED) is 0.818. The molecule has 0 unspecified atom stereocenters. The zero-order chi connectivity index (χ0) is 12.1. The van der Waals surface area contributed by atoms with Crippen LogP contribution in [0.3, 0.4) is 0 Å². The number of hydrogen-bond acceptors (Lipinski definition) is 2. The van der Waals surface area contributed by atoms with Crippen LogP contribution >= 0.6 is 0 Å². The molecule has 88 valence electrons. The van der Waals surface area contributed by atoms with Gasteiger partial charge in [-0.2, -0.15) is 0 Å². The molecule has 1 amide bonds. The normalized spacial score (nSPS) is 10.6. The van der Waals surface area contributed by atoms with Crippen LogP contribution in [-0.4, -0.2) is 5.91 Å². The molecule has 3 heteroatoms. The molecule has 3 N–H and O–H groups in total. The van der Waals surface area contributed by atoms with Crippen LogP contribution < -0.4 is 11.1 Å². The summed E-state index contributed by atoms with van der Waals surface area (Å²) in [7, 11) is 0. The van der Waals surface area contributed by atoms with Crippen molar-refractivity contribution in [2.75, 3.05) is 5.32 Å². The number of carbonyl (C=O) groups is 1. The number of nitrogens with two attached hydrogens (primary N) is 1. The molecular formula is C13H20N2O. The van der Waals surface area contributed by atoms with E-state index < -0.39 is 0 Å². The molecule has 0 saturated heterocycles. The number of rotatable bonds is 4. The molecule has 0 aliphatic heterocycles. The fourth-order valence-corrected chi connectivity index (χ4v) is 1.50. The Balaban J connectivity index is 2.75. The Morgan fingerprint density at radius 3 is 2.69 bits per heavy atom. The van der Waals surface area contributed by atoms with Crippen molar-refractivity contribution in [2.45, 2.75) is 33.7 Å². The van der Waals surface area contributed by atoms with Crippen LogP contribution in [-0.2, 0) is 11.3 Å². The average Bonchev–Trinajstić information content (AvgIpc) is 2.20. The molecule has 0 heterocycles. The second kappa shape index (κ2) is 5.66. The van der Waals surface area contributed by atoms with Gasteiger partial charge in [0, 0.05) is 18.7 Å². The summed E-state index contributed by atoms with van der Waals surface area (Å²) in [4.78, 5) is 11.6. The van der Waals surface area contributed by atoms with Crippen molar-refractivity contribution in [1.82, 2.24) is 0 Å². The van der Waals surface area contributed by atoms with Crippen molar-refractivity contribution in [3.8, 4) is 0 Å². The lowest BCUT2D eigenvalue weighted by molar-refractivity contribution is -0.116. The van der Waals surface area contributed by atoms with Gasteiger partial charge in [-0.1, -0.05) is 26.0 Å². The van der Waals surface area contributed by atoms with Gasteiger partial charge in [-0.25, -0.2) is 0 Å². The van der Waals surface area contributed by atoms with Crippen molar-refractivity contribution in [1.29, 1.82) is 0 Å². The third-order valence-electron chi connectivity index (χ3n) is 2.41. The summed E-state index contributed by atoms with van der Waals surface area (Å²) in [6.07, 6.45) is 0.548. The number of hydrogen-bond donors (Lipinski definition) is 2. The maximum atomic E-state index is 11.6. The van der Waals surface area contributed by atoms with Crippen LogP contribution in [0.25, 0.3) is 0 Å². The van der Waals surface area contributed by atoms with Crippen LogP contribution in [0, 0.1) is 12.8 Å². The van der Waals surface area contributed by atoms with Gasteiger partial charge in [-0.3, -0.25) is 4.79 Å². The fraction of sp³-hybridized carbons (Fsp3) is 0.462. The standard InChI is InChI=1S/C13H20N2O/c1-9(2)6-13(16)15-12-7-11(8-14)5-4-10(12)3/h4-5,7,9H,6,8,14H2,1-3H3,(H,15,16). The van der Waals surface area contributed by atoms with Gasteiger partial charge in [-0.15, -0.1) is 0 Å². The van der Waals surface area contributed by atoms with Gasteiger partial charge in [0.2, 0.25) is 5.91 Å². The monoisotopic (exact) mass is 220 g/mol. The highest BCUT2D eigenvalue weighted by Gasteiger charge is 2.07. The van der Waals surface area contributed by atoms with E-state index in [0.717, 1.165) is 16.8 Å². The molecule has 0 spiro atoms. The van der Waals surface area contributed by atoms with Gasteiger partial charge in [0.15, 0.2) is 0 Å². The van der Waals surface area contributed by atoms with Gasteiger partial charge in [-0.05, 0) is 30.0 Å². The minimum absolute atomic E-state index is 0.0623. The maximum absolute atomic E-state index is 11.6. The van der Waals surface area contributed by atoms with Gasteiger partial charge in [0.25, 0.3) is 0 Å². The highest BCUT2D eigenvalue weighted by molar-refractivity contribution is 5.91. The smallest absolute Gasteiger partial charge is 0.224 e. The zero-order valence-corrected chi connectivity index (χ0v) is 10.2. The molecule has 0 aliphatic carbocycles. The van der Waals surface area contributed by atoms with Gasteiger partial charge < -0.3 is 11.1 Å². The van der Waals surface area contributed by atoms with Crippen LogP contribution in [0.4, 0.5) is 5.69 Å². The van der Waals surface area contributed by atoms with Crippen molar-refractivity contribution in [3.05, 3.63) is 29.3 Å². The van der Waals surface area contributed by atoms with Crippen LogP contribution in [0.2, 0.25) is 0 Å². The van der Waals surface area contributed by atoms with E-state index in [4.69, 9.17) is 5.73 Å².